The molecule has 0 radical (unpaired) electrons. The summed E-state index contributed by atoms with van der Waals surface area (Å²) in [6.45, 7) is 4.20. The normalized spacial score (nSPS) is 11.1. The second kappa shape index (κ2) is 4.51. The van der Waals surface area contributed by atoms with Crippen molar-refractivity contribution in [1.82, 2.24) is 25.1 Å². The molecule has 0 unspecified atom stereocenters. The molecule has 8 heteroatoms. The zero-order chi connectivity index (χ0) is 13.4. The number of hydrogen-bond donors (Lipinski definition) is 2. The number of halogens is 1. The van der Waals surface area contributed by atoms with Crippen molar-refractivity contribution >= 4 is 28.5 Å². The van der Waals surface area contributed by atoms with Crippen LogP contribution < -0.4 is 5.32 Å². The van der Waals surface area contributed by atoms with Crippen LogP contribution in [-0.4, -0.2) is 25.1 Å². The van der Waals surface area contributed by atoms with E-state index >= 15 is 0 Å². The summed E-state index contributed by atoms with van der Waals surface area (Å²) in [6, 6.07) is 0. The van der Waals surface area contributed by atoms with Crippen LogP contribution in [0.5, 0.6) is 0 Å². The number of fused-ring (bicyclic) bond motifs is 1. The molecular formula is C11H11ClN6O. The number of nitrogens with one attached hydrogen (secondary N) is 2. The first-order valence-corrected chi connectivity index (χ1v) is 6.04. The highest BCUT2D eigenvalue weighted by Crippen LogP contribution is 2.20. The van der Waals surface area contributed by atoms with Crippen LogP contribution in [0.2, 0.25) is 5.28 Å². The third kappa shape index (κ3) is 2.24. The fourth-order valence-corrected chi connectivity index (χ4v) is 1.89. The first-order valence-electron chi connectivity index (χ1n) is 5.67. The van der Waals surface area contributed by atoms with Crippen molar-refractivity contribution in [2.24, 2.45) is 0 Å². The number of H-pyrrole nitrogens is 1. The van der Waals surface area contributed by atoms with Crippen LogP contribution >= 0.6 is 11.6 Å². The summed E-state index contributed by atoms with van der Waals surface area (Å²) < 4.78 is 5.49. The van der Waals surface area contributed by atoms with Crippen LogP contribution in [0.4, 0.5) is 5.82 Å². The highest BCUT2D eigenvalue weighted by atomic mass is 35.5. The molecular weight excluding hydrogens is 268 g/mol. The summed E-state index contributed by atoms with van der Waals surface area (Å²) in [5.74, 6) is 2.00. The Morgan fingerprint density at radius 1 is 1.32 bits per heavy atom. The Kier molecular flexibility index (Phi) is 2.83. The molecule has 0 fully saturated rings. The number of rotatable bonds is 3. The van der Waals surface area contributed by atoms with Crippen molar-refractivity contribution in [3.63, 3.8) is 0 Å². The van der Waals surface area contributed by atoms with Gasteiger partial charge >= 0.3 is 0 Å². The molecule has 2 N–H and O–H groups in total. The van der Waals surface area contributed by atoms with Crippen molar-refractivity contribution in [3.05, 3.63) is 28.8 Å². The van der Waals surface area contributed by atoms with Crippen LogP contribution in [0.25, 0.3) is 11.0 Å². The molecule has 0 aromatic carbocycles. The number of hydrogen-bond acceptors (Lipinski definition) is 6. The molecule has 3 rings (SSSR count). The summed E-state index contributed by atoms with van der Waals surface area (Å²) in [4.78, 5) is 12.4. The van der Waals surface area contributed by atoms with E-state index in [1.54, 1.807) is 6.20 Å². The highest BCUT2D eigenvalue weighted by molar-refractivity contribution is 6.28. The zero-order valence-electron chi connectivity index (χ0n) is 10.4. The van der Waals surface area contributed by atoms with Crippen molar-refractivity contribution in [1.29, 1.82) is 0 Å². The molecule has 3 heterocycles. The van der Waals surface area contributed by atoms with Gasteiger partial charge in [0, 0.05) is 0 Å². The molecule has 0 saturated heterocycles. The molecule has 0 spiro atoms. The summed E-state index contributed by atoms with van der Waals surface area (Å²) in [5.41, 5.74) is 1.47. The van der Waals surface area contributed by atoms with Crippen LogP contribution in [0, 0.1) is 13.8 Å². The minimum absolute atomic E-state index is 0.152. The van der Waals surface area contributed by atoms with E-state index in [2.05, 4.69) is 30.5 Å². The lowest BCUT2D eigenvalue weighted by Crippen LogP contribution is -2.03. The summed E-state index contributed by atoms with van der Waals surface area (Å²) in [6.07, 6.45) is 1.64. The van der Waals surface area contributed by atoms with Crippen molar-refractivity contribution in [3.8, 4) is 0 Å². The molecule has 0 bridgehead atoms. The van der Waals surface area contributed by atoms with Gasteiger partial charge in [-0.3, -0.25) is 5.10 Å². The fraction of sp³-hybridized carbons (Fsp3) is 0.273. The van der Waals surface area contributed by atoms with E-state index in [9.17, 15) is 0 Å². The van der Waals surface area contributed by atoms with Gasteiger partial charge in [0.25, 0.3) is 0 Å². The Bertz CT molecular complexity index is 714. The van der Waals surface area contributed by atoms with Crippen LogP contribution in [0.15, 0.2) is 10.6 Å². The molecule has 7 nitrogen and oxygen atoms in total. The average Bonchev–Trinajstić information content (AvgIpc) is 2.94. The Morgan fingerprint density at radius 3 is 2.89 bits per heavy atom. The molecule has 0 atom stereocenters. The van der Waals surface area contributed by atoms with E-state index in [-0.39, 0.29) is 5.28 Å². The largest absolute Gasteiger partial charge is 0.444 e. The van der Waals surface area contributed by atoms with Crippen molar-refractivity contribution < 1.29 is 4.42 Å². The number of nitrogens with zero attached hydrogens (tertiary/aromatic N) is 4. The Balaban J connectivity index is 1.87. The Hall–Kier alpha value is -2.15. The van der Waals surface area contributed by atoms with Gasteiger partial charge in [0.2, 0.25) is 11.2 Å². The maximum atomic E-state index is 5.84. The SMILES string of the molecule is Cc1nc(CNc2nc(Cl)nc3[nH]ncc23)oc1C. The van der Waals surface area contributed by atoms with E-state index in [1.165, 1.54) is 0 Å². The molecule has 0 aliphatic heterocycles. The van der Waals surface area contributed by atoms with Crippen LogP contribution in [0.1, 0.15) is 17.3 Å². The first-order chi connectivity index (χ1) is 9.13. The molecule has 0 amide bonds. The van der Waals surface area contributed by atoms with Crippen molar-refractivity contribution in [2.75, 3.05) is 5.32 Å². The Labute approximate surface area is 113 Å². The van der Waals surface area contributed by atoms with Gasteiger partial charge in [-0.1, -0.05) is 0 Å². The second-order valence-electron chi connectivity index (χ2n) is 4.08. The standard InChI is InChI=1S/C11H11ClN6O/c1-5-6(2)19-8(15-5)4-13-9-7-3-14-18-10(7)17-11(12)16-9/h3H,4H2,1-2H3,(H2,13,14,16,17,18). The number of aryl methyl sites for hydroxylation is 2. The third-order valence-electron chi connectivity index (χ3n) is 2.76. The van der Waals surface area contributed by atoms with Gasteiger partial charge in [0.05, 0.1) is 23.8 Å². The number of oxazole rings is 1. The van der Waals surface area contributed by atoms with E-state index in [1.807, 2.05) is 13.8 Å². The monoisotopic (exact) mass is 278 g/mol. The van der Waals surface area contributed by atoms with Gasteiger partial charge in [-0.15, -0.1) is 0 Å². The summed E-state index contributed by atoms with van der Waals surface area (Å²) in [5, 5.41) is 10.7. The first kappa shape index (κ1) is 11.9. The van der Waals surface area contributed by atoms with Gasteiger partial charge in [0.15, 0.2) is 5.65 Å². The topological polar surface area (TPSA) is 92.5 Å². The number of anilines is 1. The molecule has 3 aromatic heterocycles. The number of aromatic nitrogens is 5. The van der Waals surface area contributed by atoms with Gasteiger partial charge < -0.3 is 9.73 Å². The maximum Gasteiger partial charge on any atom is 0.226 e. The van der Waals surface area contributed by atoms with E-state index in [0.29, 0.717) is 23.9 Å². The summed E-state index contributed by atoms with van der Waals surface area (Å²) >= 11 is 5.84. The lowest BCUT2D eigenvalue weighted by molar-refractivity contribution is 0.478. The van der Waals surface area contributed by atoms with Gasteiger partial charge in [-0.05, 0) is 25.4 Å². The second-order valence-corrected chi connectivity index (χ2v) is 4.41. The number of aromatic amines is 1. The predicted octanol–water partition coefficient (Wildman–Crippen LogP) is 2.22. The smallest absolute Gasteiger partial charge is 0.226 e. The van der Waals surface area contributed by atoms with Gasteiger partial charge in [0.1, 0.15) is 11.6 Å². The molecule has 0 aliphatic rings. The van der Waals surface area contributed by atoms with Crippen LogP contribution in [0.3, 0.4) is 0 Å². The van der Waals surface area contributed by atoms with E-state index in [4.69, 9.17) is 16.0 Å². The van der Waals surface area contributed by atoms with Crippen LogP contribution in [-0.2, 0) is 6.54 Å². The fourth-order valence-electron chi connectivity index (χ4n) is 1.72. The molecule has 98 valence electrons. The highest BCUT2D eigenvalue weighted by Gasteiger charge is 2.10. The zero-order valence-corrected chi connectivity index (χ0v) is 11.1. The lowest BCUT2D eigenvalue weighted by Gasteiger charge is -2.03. The summed E-state index contributed by atoms with van der Waals surface area (Å²) in [7, 11) is 0. The quantitative estimate of drug-likeness (QED) is 0.714. The minimum Gasteiger partial charge on any atom is -0.444 e. The maximum absolute atomic E-state index is 5.84. The Morgan fingerprint density at radius 2 is 2.16 bits per heavy atom. The van der Waals surface area contributed by atoms with E-state index < -0.39 is 0 Å². The minimum atomic E-state index is 0.152. The third-order valence-corrected chi connectivity index (χ3v) is 2.93. The van der Waals surface area contributed by atoms with E-state index in [0.717, 1.165) is 16.8 Å². The molecule has 0 saturated carbocycles. The molecule has 3 aromatic rings. The lowest BCUT2D eigenvalue weighted by atomic mass is 10.4. The predicted molar refractivity (Wildman–Crippen MR) is 70.0 cm³/mol. The molecule has 0 aliphatic carbocycles. The molecule has 19 heavy (non-hydrogen) atoms. The average molecular weight is 279 g/mol. The van der Waals surface area contributed by atoms with Gasteiger partial charge in [-0.25, -0.2) is 4.98 Å². The van der Waals surface area contributed by atoms with Gasteiger partial charge in [-0.2, -0.15) is 15.1 Å². The van der Waals surface area contributed by atoms with Crippen molar-refractivity contribution in [2.45, 2.75) is 20.4 Å².